The fourth-order valence-corrected chi connectivity index (χ4v) is 4.69. The monoisotopic (exact) mass is 427 g/mol. The maximum atomic E-state index is 12.9. The van der Waals surface area contributed by atoms with Gasteiger partial charge >= 0.3 is 0 Å². The number of hydrogen-bond acceptors (Lipinski definition) is 6. The first-order valence-electron chi connectivity index (χ1n) is 11.0. The average molecular weight is 428 g/mol. The number of allylic oxidation sites excluding steroid dienone is 2. The van der Waals surface area contributed by atoms with Gasteiger partial charge in [-0.05, 0) is 64.7 Å². The molecule has 1 atom stereocenters. The number of carbonyl (C=O) groups excluding carboxylic acids is 2. The van der Waals surface area contributed by atoms with E-state index >= 15 is 0 Å². The first-order valence-corrected chi connectivity index (χ1v) is 11.0. The van der Waals surface area contributed by atoms with Gasteiger partial charge in [-0.15, -0.1) is 0 Å². The number of carbonyl (C=O) groups is 2. The van der Waals surface area contributed by atoms with Crippen molar-refractivity contribution in [2.24, 2.45) is 5.16 Å². The largest absolute Gasteiger partial charge is 0.511 e. The van der Waals surface area contributed by atoms with Gasteiger partial charge in [0.2, 0.25) is 0 Å². The minimum Gasteiger partial charge on any atom is -0.511 e. The van der Waals surface area contributed by atoms with Crippen LogP contribution in [0.4, 0.5) is 0 Å². The molecule has 1 heterocycles. The number of Topliss-reactive ketones (excluding diaryl/α,β-unsaturated/α-hetero) is 2. The molecule has 0 amide bonds. The van der Waals surface area contributed by atoms with Gasteiger partial charge in [0.1, 0.15) is 23.7 Å². The number of fused-ring (bicyclic) bond motifs is 1. The minimum atomic E-state index is -0.344. The zero-order chi connectivity index (χ0) is 22.9. The summed E-state index contributed by atoms with van der Waals surface area (Å²) < 4.78 is 6.32. The van der Waals surface area contributed by atoms with E-state index in [1.54, 1.807) is 0 Å². The standard InChI is InChI=1S/C25H33NO5/c1-7-30-26-10-8-9-19(27)23-20(28)11-17(12-21(23)29)22-16(4)14(2)15(3)18-13-25(5,6)31-24(18)22/h10,17,28H,7-9,11-13H2,1-6H3. The van der Waals surface area contributed by atoms with Crippen molar-refractivity contribution in [1.29, 1.82) is 0 Å². The third-order valence-corrected chi connectivity index (χ3v) is 6.39. The second-order valence-corrected chi connectivity index (χ2v) is 9.15. The molecule has 0 radical (unpaired) electrons. The second kappa shape index (κ2) is 8.85. The number of nitrogens with zero attached hydrogens (tertiary/aromatic N) is 1. The zero-order valence-electron chi connectivity index (χ0n) is 19.4. The summed E-state index contributed by atoms with van der Waals surface area (Å²) in [5.74, 6) is -0.104. The number of hydrogen-bond donors (Lipinski definition) is 1. The molecular formula is C25H33NO5. The molecule has 0 fully saturated rings. The molecule has 1 unspecified atom stereocenters. The molecule has 0 bridgehead atoms. The van der Waals surface area contributed by atoms with E-state index < -0.39 is 0 Å². The van der Waals surface area contributed by atoms with Crippen LogP contribution in [0.1, 0.15) is 80.2 Å². The van der Waals surface area contributed by atoms with Crippen LogP contribution >= 0.6 is 0 Å². The molecule has 1 N–H and O–H groups in total. The van der Waals surface area contributed by atoms with E-state index in [0.717, 1.165) is 23.3 Å². The number of aliphatic hydroxyl groups is 1. The van der Waals surface area contributed by atoms with Gasteiger partial charge in [0.05, 0.1) is 5.57 Å². The smallest absolute Gasteiger partial charge is 0.170 e. The Kier molecular flexibility index (Phi) is 6.58. The van der Waals surface area contributed by atoms with Crippen LogP contribution in [0.2, 0.25) is 0 Å². The van der Waals surface area contributed by atoms with Crippen molar-refractivity contribution in [2.75, 3.05) is 6.61 Å². The van der Waals surface area contributed by atoms with Crippen LogP contribution in [0, 0.1) is 20.8 Å². The Balaban J connectivity index is 1.88. The Hall–Kier alpha value is -2.63. The van der Waals surface area contributed by atoms with Gasteiger partial charge in [-0.2, -0.15) is 0 Å². The van der Waals surface area contributed by atoms with Crippen molar-refractivity contribution >= 4 is 17.8 Å². The topological polar surface area (TPSA) is 85.2 Å². The van der Waals surface area contributed by atoms with Crippen LogP contribution < -0.4 is 4.74 Å². The van der Waals surface area contributed by atoms with Gasteiger partial charge in [-0.3, -0.25) is 9.59 Å². The summed E-state index contributed by atoms with van der Waals surface area (Å²) >= 11 is 0. The molecule has 6 heteroatoms. The van der Waals surface area contributed by atoms with Gasteiger partial charge in [-0.1, -0.05) is 5.16 Å². The molecular weight excluding hydrogens is 394 g/mol. The summed E-state index contributed by atoms with van der Waals surface area (Å²) in [7, 11) is 0. The minimum absolute atomic E-state index is 0.0551. The number of benzene rings is 1. The van der Waals surface area contributed by atoms with Crippen LogP contribution in [-0.4, -0.2) is 35.1 Å². The van der Waals surface area contributed by atoms with Crippen LogP contribution in [-0.2, 0) is 20.8 Å². The van der Waals surface area contributed by atoms with E-state index in [4.69, 9.17) is 9.57 Å². The lowest BCUT2D eigenvalue weighted by Crippen LogP contribution is -2.26. The fourth-order valence-electron chi connectivity index (χ4n) is 4.69. The molecule has 1 aromatic rings. The van der Waals surface area contributed by atoms with Crippen molar-refractivity contribution in [1.82, 2.24) is 0 Å². The van der Waals surface area contributed by atoms with Crippen molar-refractivity contribution in [3.8, 4) is 5.75 Å². The van der Waals surface area contributed by atoms with E-state index in [9.17, 15) is 14.7 Å². The van der Waals surface area contributed by atoms with Gasteiger partial charge < -0.3 is 14.7 Å². The lowest BCUT2D eigenvalue weighted by atomic mass is 9.77. The highest BCUT2D eigenvalue weighted by Crippen LogP contribution is 2.48. The highest BCUT2D eigenvalue weighted by atomic mass is 16.6. The van der Waals surface area contributed by atoms with Crippen molar-refractivity contribution in [3.63, 3.8) is 0 Å². The summed E-state index contributed by atoms with van der Waals surface area (Å²) in [5.41, 5.74) is 5.35. The summed E-state index contributed by atoms with van der Waals surface area (Å²) in [6.07, 6.45) is 3.26. The van der Waals surface area contributed by atoms with Crippen molar-refractivity contribution < 1.29 is 24.3 Å². The molecule has 0 saturated heterocycles. The van der Waals surface area contributed by atoms with Crippen molar-refractivity contribution in [2.45, 2.75) is 85.2 Å². The predicted molar refractivity (Wildman–Crippen MR) is 120 cm³/mol. The number of oxime groups is 1. The Morgan fingerprint density at radius 3 is 2.58 bits per heavy atom. The summed E-state index contributed by atoms with van der Waals surface area (Å²) in [4.78, 5) is 30.3. The second-order valence-electron chi connectivity index (χ2n) is 9.15. The van der Waals surface area contributed by atoms with E-state index in [0.29, 0.717) is 13.0 Å². The maximum absolute atomic E-state index is 12.9. The van der Waals surface area contributed by atoms with Gasteiger partial charge in [0, 0.05) is 48.9 Å². The number of ketones is 2. The molecule has 1 aromatic carbocycles. The summed E-state index contributed by atoms with van der Waals surface area (Å²) in [5, 5.41) is 14.4. The van der Waals surface area contributed by atoms with Crippen LogP contribution in [0.5, 0.6) is 5.75 Å². The molecule has 1 aliphatic carbocycles. The quantitative estimate of drug-likeness (QED) is 0.378. The normalized spacial score (nSPS) is 20.2. The molecule has 0 spiro atoms. The Bertz CT molecular complexity index is 971. The van der Waals surface area contributed by atoms with E-state index in [1.165, 1.54) is 22.9 Å². The molecule has 168 valence electrons. The van der Waals surface area contributed by atoms with E-state index in [-0.39, 0.29) is 53.7 Å². The van der Waals surface area contributed by atoms with Gasteiger partial charge in [0.25, 0.3) is 0 Å². The molecule has 0 saturated carbocycles. The molecule has 1 aliphatic heterocycles. The summed E-state index contributed by atoms with van der Waals surface area (Å²) in [6.45, 7) is 12.7. The predicted octanol–water partition coefficient (Wildman–Crippen LogP) is 4.96. The average Bonchev–Trinajstić information content (AvgIpc) is 3.01. The third-order valence-electron chi connectivity index (χ3n) is 6.39. The van der Waals surface area contributed by atoms with E-state index in [2.05, 4.69) is 39.8 Å². The van der Waals surface area contributed by atoms with Crippen LogP contribution in [0.15, 0.2) is 16.5 Å². The Labute approximate surface area is 184 Å². The van der Waals surface area contributed by atoms with Crippen LogP contribution in [0.3, 0.4) is 0 Å². The molecule has 3 rings (SSSR count). The maximum Gasteiger partial charge on any atom is 0.170 e. The van der Waals surface area contributed by atoms with Gasteiger partial charge in [0.15, 0.2) is 11.6 Å². The van der Waals surface area contributed by atoms with Crippen LogP contribution in [0.25, 0.3) is 0 Å². The van der Waals surface area contributed by atoms with Gasteiger partial charge in [-0.25, -0.2) is 0 Å². The Morgan fingerprint density at radius 1 is 1.23 bits per heavy atom. The fraction of sp³-hybridized carbons (Fsp3) is 0.560. The molecule has 6 nitrogen and oxygen atoms in total. The number of aliphatic hydroxyl groups excluding tert-OH is 1. The number of rotatable bonds is 7. The third kappa shape index (κ3) is 4.53. The lowest BCUT2D eigenvalue weighted by molar-refractivity contribution is -0.122. The molecule has 31 heavy (non-hydrogen) atoms. The highest BCUT2D eigenvalue weighted by Gasteiger charge is 2.39. The first-order chi connectivity index (χ1) is 14.6. The number of ether oxygens (including phenoxy) is 1. The zero-order valence-corrected chi connectivity index (χ0v) is 19.4. The SMILES string of the molecule is CCON=CCCC(=O)C1=C(O)CC(c2c(C)c(C)c(C)c3c2OC(C)(C)C3)CC1=O. The molecule has 2 aliphatic rings. The van der Waals surface area contributed by atoms with E-state index in [1.807, 2.05) is 6.92 Å². The first kappa shape index (κ1) is 23.0. The highest BCUT2D eigenvalue weighted by molar-refractivity contribution is 6.21. The Morgan fingerprint density at radius 2 is 1.94 bits per heavy atom. The lowest BCUT2D eigenvalue weighted by Gasteiger charge is -2.28. The summed E-state index contributed by atoms with van der Waals surface area (Å²) in [6, 6.07) is 0. The van der Waals surface area contributed by atoms with Crippen molar-refractivity contribution in [3.05, 3.63) is 39.1 Å². The molecule has 0 aromatic heterocycles.